The molecule has 2 aromatic carbocycles. The van der Waals surface area contributed by atoms with Crippen molar-refractivity contribution in [3.05, 3.63) is 59.7 Å². The van der Waals surface area contributed by atoms with Crippen molar-refractivity contribution in [2.75, 3.05) is 0 Å². The maximum absolute atomic E-state index is 6.32. The van der Waals surface area contributed by atoms with Gasteiger partial charge >= 0.3 is 0 Å². The van der Waals surface area contributed by atoms with E-state index in [0.717, 1.165) is 33.6 Å². The topological polar surface area (TPSA) is 30.7 Å². The Kier molecular flexibility index (Phi) is 2.92. The number of hydrogen-bond acceptors (Lipinski definition) is 2. The second kappa shape index (κ2) is 4.86. The molecule has 0 unspecified atom stereocenters. The molecule has 2 radical (unpaired) electrons. The first-order chi connectivity index (χ1) is 11.1. The van der Waals surface area contributed by atoms with Gasteiger partial charge < -0.3 is 0 Å². The van der Waals surface area contributed by atoms with Crippen molar-refractivity contribution in [2.24, 2.45) is 0 Å². The van der Waals surface area contributed by atoms with Crippen molar-refractivity contribution in [1.29, 1.82) is 0 Å². The lowest BCUT2D eigenvalue weighted by Crippen LogP contribution is -2.28. The summed E-state index contributed by atoms with van der Waals surface area (Å²) >= 11 is 0. The number of fused-ring (bicyclic) bond motifs is 5. The van der Waals surface area contributed by atoms with Crippen LogP contribution in [0.2, 0.25) is 0 Å². The third kappa shape index (κ3) is 2.17. The van der Waals surface area contributed by atoms with Crippen LogP contribution in [0.25, 0.3) is 22.5 Å². The molecule has 1 aliphatic rings. The Morgan fingerprint density at radius 1 is 0.913 bits per heavy atom. The number of aromatic nitrogens is 3. The average Bonchev–Trinajstić information content (AvgIpc) is 2.96. The van der Waals surface area contributed by atoms with E-state index in [1.54, 1.807) is 4.68 Å². The summed E-state index contributed by atoms with van der Waals surface area (Å²) in [6.45, 7) is 3.84. The average molecular weight is 295 g/mol. The zero-order valence-corrected chi connectivity index (χ0v) is 13.0. The number of nitrogens with zero attached hydrogens (tertiary/aromatic N) is 3. The first-order valence-electron chi connectivity index (χ1n) is 7.51. The summed E-state index contributed by atoms with van der Waals surface area (Å²) < 4.78 is 1.78. The molecule has 0 saturated carbocycles. The summed E-state index contributed by atoms with van der Waals surface area (Å²) in [7, 11) is 6.32. The standard InChI is InChI=1S/C19H14BN3/c1-19(2,20)23-18-16-10-6-4-8-14(16)12-11-13-7-3-5-9-15(13)17(18)21-22-23/h3-10H,1-2H3. The molecule has 1 aliphatic carbocycles. The van der Waals surface area contributed by atoms with E-state index in [2.05, 4.69) is 22.2 Å². The van der Waals surface area contributed by atoms with Gasteiger partial charge in [0.05, 0.1) is 5.69 Å². The van der Waals surface area contributed by atoms with E-state index in [0.29, 0.717) is 0 Å². The molecule has 108 valence electrons. The van der Waals surface area contributed by atoms with Crippen LogP contribution in [0.15, 0.2) is 48.5 Å². The van der Waals surface area contributed by atoms with Crippen molar-refractivity contribution in [1.82, 2.24) is 15.0 Å². The molecule has 4 heteroatoms. The van der Waals surface area contributed by atoms with Crippen LogP contribution in [0.4, 0.5) is 0 Å². The number of hydrogen-bond donors (Lipinski definition) is 0. The van der Waals surface area contributed by atoms with Crippen LogP contribution < -0.4 is 0 Å². The van der Waals surface area contributed by atoms with Crippen LogP contribution >= 0.6 is 0 Å². The highest BCUT2D eigenvalue weighted by Crippen LogP contribution is 2.36. The lowest BCUT2D eigenvalue weighted by atomic mass is 9.81. The normalized spacial score (nSPS) is 12.1. The summed E-state index contributed by atoms with van der Waals surface area (Å²) in [6, 6.07) is 16.1. The highest BCUT2D eigenvalue weighted by atomic mass is 15.5. The molecular weight excluding hydrogens is 281 g/mol. The van der Waals surface area contributed by atoms with Gasteiger partial charge in [0.1, 0.15) is 13.5 Å². The fourth-order valence-electron chi connectivity index (χ4n) is 2.84. The minimum Gasteiger partial charge on any atom is -0.248 e. The van der Waals surface area contributed by atoms with E-state index in [9.17, 15) is 0 Å². The van der Waals surface area contributed by atoms with Crippen LogP contribution in [0.3, 0.4) is 0 Å². The van der Waals surface area contributed by atoms with Gasteiger partial charge in [0.15, 0.2) is 0 Å². The molecule has 0 spiro atoms. The third-order valence-electron chi connectivity index (χ3n) is 3.91. The van der Waals surface area contributed by atoms with Crippen LogP contribution in [-0.2, 0) is 5.44 Å². The number of benzene rings is 2. The van der Waals surface area contributed by atoms with Gasteiger partial charge in [0.2, 0.25) is 0 Å². The molecule has 3 nitrogen and oxygen atoms in total. The largest absolute Gasteiger partial charge is 0.248 e. The van der Waals surface area contributed by atoms with Gasteiger partial charge in [0.25, 0.3) is 0 Å². The van der Waals surface area contributed by atoms with Crippen molar-refractivity contribution < 1.29 is 0 Å². The molecule has 1 heterocycles. The van der Waals surface area contributed by atoms with E-state index in [1.165, 1.54) is 0 Å². The zero-order valence-electron chi connectivity index (χ0n) is 13.0. The van der Waals surface area contributed by atoms with Crippen molar-refractivity contribution in [3.63, 3.8) is 0 Å². The van der Waals surface area contributed by atoms with E-state index in [1.807, 2.05) is 62.4 Å². The SMILES string of the molecule is [B]C(C)(C)n1nnc2c1-c1ccccc1C#Cc1ccccc1-2. The van der Waals surface area contributed by atoms with Crippen molar-refractivity contribution in [2.45, 2.75) is 19.3 Å². The lowest BCUT2D eigenvalue weighted by molar-refractivity contribution is 0.456. The van der Waals surface area contributed by atoms with E-state index in [4.69, 9.17) is 7.85 Å². The highest BCUT2D eigenvalue weighted by molar-refractivity contribution is 6.13. The summed E-state index contributed by atoms with van der Waals surface area (Å²) in [5, 5.41) is 8.77. The van der Waals surface area contributed by atoms with Crippen LogP contribution in [-0.4, -0.2) is 22.8 Å². The molecule has 0 bridgehead atoms. The second-order valence-electron chi connectivity index (χ2n) is 6.19. The van der Waals surface area contributed by atoms with Crippen molar-refractivity contribution >= 4 is 7.85 Å². The van der Waals surface area contributed by atoms with E-state index in [-0.39, 0.29) is 0 Å². The molecule has 4 rings (SSSR count). The van der Waals surface area contributed by atoms with Crippen LogP contribution in [0.5, 0.6) is 0 Å². The fourth-order valence-corrected chi connectivity index (χ4v) is 2.84. The molecule has 0 amide bonds. The Labute approximate surface area is 136 Å². The van der Waals surface area contributed by atoms with E-state index >= 15 is 0 Å². The van der Waals surface area contributed by atoms with Gasteiger partial charge in [-0.05, 0) is 26.0 Å². The second-order valence-corrected chi connectivity index (χ2v) is 6.19. The molecule has 0 atom stereocenters. The Morgan fingerprint density at radius 3 is 2.13 bits per heavy atom. The first kappa shape index (κ1) is 13.8. The third-order valence-corrected chi connectivity index (χ3v) is 3.91. The molecule has 1 aromatic heterocycles. The van der Waals surface area contributed by atoms with Gasteiger partial charge in [-0.3, -0.25) is 0 Å². The van der Waals surface area contributed by atoms with Gasteiger partial charge in [-0.1, -0.05) is 53.5 Å². The predicted octanol–water partition coefficient (Wildman–Crippen LogP) is 3.19. The van der Waals surface area contributed by atoms with E-state index < -0.39 is 5.44 Å². The summed E-state index contributed by atoms with van der Waals surface area (Å²) in [5.41, 5.74) is 4.97. The van der Waals surface area contributed by atoms with Crippen LogP contribution in [0.1, 0.15) is 25.0 Å². The lowest BCUT2D eigenvalue weighted by Gasteiger charge is -2.23. The Morgan fingerprint density at radius 2 is 1.48 bits per heavy atom. The Balaban J connectivity index is 2.15. The summed E-state index contributed by atoms with van der Waals surface area (Å²) in [5.74, 6) is 6.52. The predicted molar refractivity (Wildman–Crippen MR) is 92.0 cm³/mol. The molecular formula is C19H14BN3. The van der Waals surface area contributed by atoms with Gasteiger partial charge in [-0.25, -0.2) is 4.68 Å². The molecule has 0 aliphatic heterocycles. The zero-order chi connectivity index (χ0) is 16.0. The maximum atomic E-state index is 6.32. The van der Waals surface area contributed by atoms with Crippen LogP contribution in [0, 0.1) is 11.8 Å². The molecule has 0 fully saturated rings. The van der Waals surface area contributed by atoms with Gasteiger partial charge in [0, 0.05) is 27.7 Å². The fraction of sp³-hybridized carbons (Fsp3) is 0.158. The monoisotopic (exact) mass is 295 g/mol. The molecule has 3 aromatic rings. The quantitative estimate of drug-likeness (QED) is 0.399. The molecule has 23 heavy (non-hydrogen) atoms. The Hall–Kier alpha value is -2.80. The smallest absolute Gasteiger partial charge is 0.122 e. The summed E-state index contributed by atoms with van der Waals surface area (Å²) in [6.07, 6.45) is 0. The van der Waals surface area contributed by atoms with Crippen molar-refractivity contribution in [3.8, 4) is 34.4 Å². The number of rotatable bonds is 1. The first-order valence-corrected chi connectivity index (χ1v) is 7.51. The highest BCUT2D eigenvalue weighted by Gasteiger charge is 2.26. The summed E-state index contributed by atoms with van der Waals surface area (Å²) in [4.78, 5) is 0. The maximum Gasteiger partial charge on any atom is 0.122 e. The van der Waals surface area contributed by atoms with Gasteiger partial charge in [-0.2, -0.15) is 0 Å². The Bertz CT molecular complexity index is 968. The van der Waals surface area contributed by atoms with Gasteiger partial charge in [-0.15, -0.1) is 5.10 Å². The minimum atomic E-state index is -0.657. The molecule has 0 saturated heterocycles. The molecule has 0 N–H and O–H groups in total. The minimum absolute atomic E-state index is 0.657.